The van der Waals surface area contributed by atoms with E-state index in [1.165, 1.54) is 32.1 Å². The van der Waals surface area contributed by atoms with E-state index in [1.807, 2.05) is 6.08 Å². The lowest BCUT2D eigenvalue weighted by atomic mass is 9.78. The molecular formula is C26H26IN3S2. The summed E-state index contributed by atoms with van der Waals surface area (Å²) in [5, 5.41) is 8.55. The van der Waals surface area contributed by atoms with Crippen LogP contribution in [0.5, 0.6) is 0 Å². The van der Waals surface area contributed by atoms with Crippen LogP contribution < -0.4 is 3.53 Å². The van der Waals surface area contributed by atoms with Crippen LogP contribution in [0.4, 0.5) is 0 Å². The van der Waals surface area contributed by atoms with Gasteiger partial charge in [0.1, 0.15) is 0 Å². The molecule has 0 unspecified atom stereocenters. The van der Waals surface area contributed by atoms with Crippen LogP contribution in [-0.4, -0.2) is 31.0 Å². The summed E-state index contributed by atoms with van der Waals surface area (Å²) in [6, 6.07) is 13.2. The molecule has 6 heteroatoms. The van der Waals surface area contributed by atoms with E-state index >= 15 is 0 Å². The van der Waals surface area contributed by atoms with E-state index in [0.717, 1.165) is 28.3 Å². The first-order chi connectivity index (χ1) is 15.4. The summed E-state index contributed by atoms with van der Waals surface area (Å²) < 4.78 is 4.59. The molecule has 0 saturated carbocycles. The van der Waals surface area contributed by atoms with Gasteiger partial charge >= 0.3 is 0 Å². The maximum absolute atomic E-state index is 8.55. The van der Waals surface area contributed by atoms with Crippen molar-refractivity contribution in [2.45, 2.75) is 17.7 Å². The van der Waals surface area contributed by atoms with Gasteiger partial charge in [0.2, 0.25) is 0 Å². The van der Waals surface area contributed by atoms with Crippen molar-refractivity contribution in [2.24, 2.45) is 0 Å². The Bertz CT molecular complexity index is 1210. The molecule has 1 aromatic carbocycles. The fraction of sp³-hybridized carbons (Fsp3) is 0.192. The summed E-state index contributed by atoms with van der Waals surface area (Å²) >= 11 is 5.68. The molecule has 0 radical (unpaired) electrons. The number of thioether (sulfide) groups is 1. The van der Waals surface area contributed by atoms with Crippen molar-refractivity contribution in [3.8, 4) is 0 Å². The van der Waals surface area contributed by atoms with Gasteiger partial charge in [-0.05, 0) is 85.0 Å². The molecule has 164 valence electrons. The number of allylic oxidation sites excluding steroid dienone is 9. The number of hydrogen-bond donors (Lipinski definition) is 2. The fourth-order valence-corrected chi connectivity index (χ4v) is 6.28. The third-order valence-corrected chi connectivity index (χ3v) is 8.21. The second-order valence-corrected chi connectivity index (χ2v) is 10.8. The van der Waals surface area contributed by atoms with Gasteiger partial charge in [0.25, 0.3) is 0 Å². The zero-order valence-corrected chi connectivity index (χ0v) is 22.4. The van der Waals surface area contributed by atoms with E-state index in [2.05, 4.69) is 113 Å². The topological polar surface area (TPSA) is 39.1 Å². The van der Waals surface area contributed by atoms with E-state index in [4.69, 9.17) is 5.41 Å². The maximum atomic E-state index is 8.55. The first-order valence-corrected chi connectivity index (χ1v) is 13.4. The van der Waals surface area contributed by atoms with Crippen molar-refractivity contribution in [1.29, 1.82) is 5.41 Å². The lowest BCUT2D eigenvalue weighted by Crippen LogP contribution is -2.12. The minimum atomic E-state index is 0.530. The molecule has 2 aliphatic carbocycles. The summed E-state index contributed by atoms with van der Waals surface area (Å²) in [6.45, 7) is 3.12. The average molecular weight is 572 g/mol. The Balaban J connectivity index is 1.66. The first kappa shape index (κ1) is 23.3. The molecule has 2 aliphatic rings. The van der Waals surface area contributed by atoms with Gasteiger partial charge in [-0.15, -0.1) is 23.1 Å². The lowest BCUT2D eigenvalue weighted by molar-refractivity contribution is 0.402. The second-order valence-electron chi connectivity index (χ2n) is 8.10. The van der Waals surface area contributed by atoms with Gasteiger partial charge in [-0.25, -0.2) is 0 Å². The third kappa shape index (κ3) is 4.73. The highest BCUT2D eigenvalue weighted by atomic mass is 127. The van der Waals surface area contributed by atoms with Crippen molar-refractivity contribution in [2.75, 3.05) is 20.4 Å². The van der Waals surface area contributed by atoms with Gasteiger partial charge in [-0.3, -0.25) is 0 Å². The molecule has 32 heavy (non-hydrogen) atoms. The van der Waals surface area contributed by atoms with Gasteiger partial charge in [-0.2, -0.15) is 0 Å². The molecule has 1 heterocycles. The summed E-state index contributed by atoms with van der Waals surface area (Å²) in [5.41, 5.74) is 10.0. The van der Waals surface area contributed by atoms with E-state index in [1.54, 1.807) is 23.1 Å². The van der Waals surface area contributed by atoms with E-state index in [-0.39, 0.29) is 0 Å². The Hall–Kier alpha value is -1.87. The van der Waals surface area contributed by atoms with Gasteiger partial charge < -0.3 is 13.8 Å². The largest absolute Gasteiger partial charge is 0.327 e. The van der Waals surface area contributed by atoms with Crippen LogP contribution in [0.2, 0.25) is 0 Å². The number of benzene rings is 1. The number of nitrogens with zero attached hydrogens (tertiary/aromatic N) is 1. The van der Waals surface area contributed by atoms with Gasteiger partial charge in [0.05, 0.1) is 43.4 Å². The second kappa shape index (κ2) is 9.95. The molecule has 0 saturated heterocycles. The van der Waals surface area contributed by atoms with Crippen molar-refractivity contribution >= 4 is 62.9 Å². The number of nitrogens with one attached hydrogen (secondary N) is 2. The van der Waals surface area contributed by atoms with Gasteiger partial charge in [0, 0.05) is 12.1 Å². The molecule has 0 atom stereocenters. The summed E-state index contributed by atoms with van der Waals surface area (Å²) in [4.78, 5) is 3.34. The monoisotopic (exact) mass is 571 g/mol. The van der Waals surface area contributed by atoms with E-state index in [0.29, 0.717) is 5.71 Å². The third-order valence-electron chi connectivity index (χ3n) is 5.49. The fourth-order valence-electron chi connectivity index (χ4n) is 3.96. The quantitative estimate of drug-likeness (QED) is 0.211. The van der Waals surface area contributed by atoms with E-state index < -0.39 is 0 Å². The minimum absolute atomic E-state index is 0.530. The molecule has 0 bridgehead atoms. The Morgan fingerprint density at radius 2 is 1.84 bits per heavy atom. The SMILES string of the molecule is CSc1ccc(/C(NI)=C2\C=C(C3=CC(C)=C3c3ccc(CN(C)C)cc3)C=CC2=N)s1. The van der Waals surface area contributed by atoms with Gasteiger partial charge in [0.15, 0.2) is 0 Å². The smallest absolute Gasteiger partial charge is 0.0697 e. The highest BCUT2D eigenvalue weighted by Gasteiger charge is 2.24. The molecule has 3 nitrogen and oxygen atoms in total. The number of rotatable bonds is 7. The molecule has 2 N–H and O–H groups in total. The number of hydrogen-bond acceptors (Lipinski definition) is 5. The molecule has 0 amide bonds. The molecular weight excluding hydrogens is 545 g/mol. The van der Waals surface area contributed by atoms with Crippen molar-refractivity contribution in [3.63, 3.8) is 0 Å². The average Bonchev–Trinajstić information content (AvgIpc) is 3.24. The summed E-state index contributed by atoms with van der Waals surface area (Å²) in [6.07, 6.45) is 10.5. The highest BCUT2D eigenvalue weighted by Crippen LogP contribution is 2.42. The Morgan fingerprint density at radius 1 is 1.09 bits per heavy atom. The molecule has 4 rings (SSSR count). The summed E-state index contributed by atoms with van der Waals surface area (Å²) in [5.74, 6) is 0. The Kier molecular flexibility index (Phi) is 7.24. The highest BCUT2D eigenvalue weighted by molar-refractivity contribution is 14.1. The van der Waals surface area contributed by atoms with Crippen LogP contribution in [-0.2, 0) is 6.54 Å². The Morgan fingerprint density at radius 3 is 2.44 bits per heavy atom. The normalized spacial score (nSPS) is 17.4. The van der Waals surface area contributed by atoms with Crippen molar-refractivity contribution in [3.05, 3.63) is 99.0 Å². The molecule has 0 fully saturated rings. The predicted octanol–water partition coefficient (Wildman–Crippen LogP) is 7.11. The summed E-state index contributed by atoms with van der Waals surface area (Å²) in [7, 11) is 4.18. The molecule has 0 spiro atoms. The van der Waals surface area contributed by atoms with Crippen molar-refractivity contribution < 1.29 is 0 Å². The zero-order chi connectivity index (χ0) is 22.8. The molecule has 2 aromatic rings. The Labute approximate surface area is 212 Å². The number of halogens is 1. The van der Waals surface area contributed by atoms with Crippen LogP contribution in [0.25, 0.3) is 11.3 Å². The van der Waals surface area contributed by atoms with Crippen LogP contribution in [0.1, 0.15) is 22.9 Å². The maximum Gasteiger partial charge on any atom is 0.0697 e. The minimum Gasteiger partial charge on any atom is -0.327 e. The predicted molar refractivity (Wildman–Crippen MR) is 150 cm³/mol. The first-order valence-electron chi connectivity index (χ1n) is 10.3. The standard InChI is InChI=1S/C26H26IN3S2/c1-16-13-20(25(16)18-7-5-17(6-8-18)15-30(2)3)19-9-10-22(28)21(14-19)26(29-27)23-11-12-24(31-4)32-23/h5-14,28-29H,15H2,1-4H3/b26-21-,28-22?. The van der Waals surface area contributed by atoms with E-state index in [9.17, 15) is 0 Å². The van der Waals surface area contributed by atoms with Crippen molar-refractivity contribution in [1.82, 2.24) is 8.43 Å². The van der Waals surface area contributed by atoms with Crippen LogP contribution >= 0.6 is 46.0 Å². The zero-order valence-electron chi connectivity index (χ0n) is 18.6. The van der Waals surface area contributed by atoms with Crippen LogP contribution in [0.15, 0.2) is 87.2 Å². The van der Waals surface area contributed by atoms with Crippen LogP contribution in [0.3, 0.4) is 0 Å². The molecule has 1 aromatic heterocycles. The number of thiophene rings is 1. The molecule has 0 aliphatic heterocycles. The van der Waals surface area contributed by atoms with Crippen LogP contribution in [0, 0.1) is 5.41 Å². The van der Waals surface area contributed by atoms with Gasteiger partial charge in [-0.1, -0.05) is 36.4 Å². The lowest BCUT2D eigenvalue weighted by Gasteiger charge is -2.26.